The minimum Gasteiger partial charge on any atom is -0.852 e. The van der Waals surface area contributed by atoms with Crippen LogP contribution in [0.2, 0.25) is 0 Å². The number of Topliss-reactive ketones (excluding diaryl/α,β-unsaturated/α-hetero) is 1. The summed E-state index contributed by atoms with van der Waals surface area (Å²) in [6.07, 6.45) is -1.46. The van der Waals surface area contributed by atoms with E-state index in [0.717, 1.165) is 0 Å². The van der Waals surface area contributed by atoms with Crippen molar-refractivity contribution < 1.29 is 61.3 Å². The van der Waals surface area contributed by atoms with E-state index in [2.05, 4.69) is 6.58 Å². The van der Waals surface area contributed by atoms with Crippen LogP contribution in [-0.2, 0) is 40.8 Å². The van der Waals surface area contributed by atoms with Crippen LogP contribution in [0.25, 0.3) is 0 Å². The maximum absolute atomic E-state index is 10.9. The van der Waals surface area contributed by atoms with Gasteiger partial charge in [0.05, 0.1) is 6.61 Å². The monoisotopic (exact) mass is 438 g/mol. The van der Waals surface area contributed by atoms with E-state index < -0.39 is 42.5 Å². The molecule has 0 aromatic heterocycles. The summed E-state index contributed by atoms with van der Waals surface area (Å²) < 4.78 is 4.71. The molecule has 0 N–H and O–H groups in total. The first-order valence-electron chi connectivity index (χ1n) is 8.64. The van der Waals surface area contributed by atoms with Gasteiger partial charge in [-0.2, -0.15) is 0 Å². The van der Waals surface area contributed by atoms with E-state index in [-0.39, 0.29) is 40.3 Å². The van der Waals surface area contributed by atoms with E-state index in [1.807, 2.05) is 0 Å². The Balaban J connectivity index is -0.000000111. The van der Waals surface area contributed by atoms with Crippen LogP contribution in [-0.4, -0.2) is 42.6 Å². The van der Waals surface area contributed by atoms with E-state index >= 15 is 0 Å². The fourth-order valence-corrected chi connectivity index (χ4v) is 0.807. The molecule has 0 saturated carbocycles. The molecule has 0 aromatic carbocycles. The van der Waals surface area contributed by atoms with E-state index in [1.54, 1.807) is 41.5 Å². The van der Waals surface area contributed by atoms with Gasteiger partial charge in [-0.3, -0.25) is 4.79 Å². The number of ether oxygens (including phenoxy) is 1. The third-order valence-electron chi connectivity index (χ3n) is 1.52. The van der Waals surface area contributed by atoms with Gasteiger partial charge in [0.1, 0.15) is 5.78 Å². The maximum Gasteiger partial charge on any atom is 4.00 e. The van der Waals surface area contributed by atoms with Crippen LogP contribution in [0.4, 0.5) is 0 Å². The zero-order valence-electron chi connectivity index (χ0n) is 18.0. The predicted molar refractivity (Wildman–Crippen MR) is 95.0 cm³/mol. The van der Waals surface area contributed by atoms with Crippen LogP contribution in [0, 0.1) is 0 Å². The average molecular weight is 438 g/mol. The van der Waals surface area contributed by atoms with Crippen molar-refractivity contribution in [1.82, 2.24) is 0 Å². The molecule has 28 heavy (non-hydrogen) atoms. The number of carboxylic acids is 1. The molecule has 0 amide bonds. The summed E-state index contributed by atoms with van der Waals surface area (Å²) >= 11 is 0. The van der Waals surface area contributed by atoms with Gasteiger partial charge >= 0.3 is 27.7 Å². The van der Waals surface area contributed by atoms with Crippen LogP contribution in [0.15, 0.2) is 12.2 Å². The third-order valence-corrected chi connectivity index (χ3v) is 1.52. The van der Waals surface area contributed by atoms with Crippen LogP contribution >= 0.6 is 0 Å². The van der Waals surface area contributed by atoms with Crippen molar-refractivity contribution >= 4 is 17.7 Å². The van der Waals surface area contributed by atoms with Gasteiger partial charge in [0.2, 0.25) is 0 Å². The number of carbonyl (C=O) groups is 3. The summed E-state index contributed by atoms with van der Waals surface area (Å²) in [6.45, 7) is 14.7. The van der Waals surface area contributed by atoms with Crippen molar-refractivity contribution in [3.63, 3.8) is 0 Å². The second-order valence-electron chi connectivity index (χ2n) is 6.25. The Kier molecular flexibility index (Phi) is 34.9. The van der Waals surface area contributed by atoms with Gasteiger partial charge in [0.25, 0.3) is 0 Å². The molecule has 0 rings (SSSR count). The zero-order valence-corrected chi connectivity index (χ0v) is 19.6. The third kappa shape index (κ3) is 73.5. The Bertz CT molecular complexity index is 384. The molecule has 9 heteroatoms. The van der Waals surface area contributed by atoms with Crippen LogP contribution in [0.5, 0.6) is 0 Å². The molecular weight excluding hydrogens is 404 g/mol. The first-order valence-corrected chi connectivity index (χ1v) is 8.64. The SMILES string of the molecule is C=C(C)C(=O)OCCCC(=O)CC(=O)[O-].CC(C)[O-].CC(C)[O-].CC(C)[O-].[Ti+4]. The van der Waals surface area contributed by atoms with Gasteiger partial charge in [-0.05, 0) is 13.3 Å². The summed E-state index contributed by atoms with van der Waals surface area (Å²) in [7, 11) is 0. The molecule has 0 saturated heterocycles. The van der Waals surface area contributed by atoms with Crippen molar-refractivity contribution in [3.8, 4) is 0 Å². The van der Waals surface area contributed by atoms with Crippen molar-refractivity contribution in [3.05, 3.63) is 12.2 Å². The van der Waals surface area contributed by atoms with Gasteiger partial charge in [-0.1, -0.05) is 48.1 Å². The van der Waals surface area contributed by atoms with Gasteiger partial charge < -0.3 is 30.0 Å². The van der Waals surface area contributed by atoms with Crippen molar-refractivity contribution in [2.75, 3.05) is 6.61 Å². The number of rotatable bonds is 7. The van der Waals surface area contributed by atoms with Crippen LogP contribution < -0.4 is 20.4 Å². The molecule has 162 valence electrons. The number of carbonyl (C=O) groups excluding carboxylic acids is 3. The molecule has 0 aromatic rings. The summed E-state index contributed by atoms with van der Waals surface area (Å²) in [5.41, 5.74) is 0.288. The van der Waals surface area contributed by atoms with E-state index in [1.165, 1.54) is 6.92 Å². The number of ketones is 1. The second kappa shape index (κ2) is 25.9. The smallest absolute Gasteiger partial charge is 0.852 e. The van der Waals surface area contributed by atoms with E-state index in [0.29, 0.717) is 6.42 Å². The maximum atomic E-state index is 10.9. The Morgan fingerprint density at radius 1 is 0.893 bits per heavy atom. The van der Waals surface area contributed by atoms with Crippen LogP contribution in [0.1, 0.15) is 67.7 Å². The number of hydrogen-bond donors (Lipinski definition) is 0. The van der Waals surface area contributed by atoms with Crippen LogP contribution in [0.3, 0.4) is 0 Å². The minimum absolute atomic E-state index is 0. The fraction of sp³-hybridized carbons (Fsp3) is 0.737. The predicted octanol–water partition coefficient (Wildman–Crippen LogP) is -1.14. The summed E-state index contributed by atoms with van der Waals surface area (Å²) in [5.74, 6) is -2.33. The Hall–Kier alpha value is -1.06. The van der Waals surface area contributed by atoms with Crippen molar-refractivity contribution in [2.45, 2.75) is 86.0 Å². The van der Waals surface area contributed by atoms with Gasteiger partial charge in [-0.25, -0.2) is 4.79 Å². The molecule has 0 heterocycles. The summed E-state index contributed by atoms with van der Waals surface area (Å²) in [5, 5.41) is 38.6. The van der Waals surface area contributed by atoms with Gasteiger partial charge in [0.15, 0.2) is 0 Å². The molecule has 0 aliphatic heterocycles. The number of esters is 1. The standard InChI is InChI=1S/C10H14O5.3C3H7O.Ti/c1-7(2)10(14)15-5-3-4-8(11)6-9(12)13;3*1-3(2)4;/h1,3-6H2,2H3,(H,12,13);3*3H,1-2H3;/q;3*-1;+4/p-1. The number of hydrogen-bond acceptors (Lipinski definition) is 8. The molecule has 8 nitrogen and oxygen atoms in total. The molecule has 0 spiro atoms. The first-order chi connectivity index (χ1) is 12.1. The van der Waals surface area contributed by atoms with Crippen molar-refractivity contribution in [2.24, 2.45) is 0 Å². The van der Waals surface area contributed by atoms with E-state index in [9.17, 15) is 34.8 Å². The molecule has 0 radical (unpaired) electrons. The first kappa shape index (κ1) is 37.7. The minimum atomic E-state index is -1.39. The largest absolute Gasteiger partial charge is 4.00 e. The number of carboxylic acid groups (broad SMARTS) is 1. The van der Waals surface area contributed by atoms with Crippen molar-refractivity contribution in [1.29, 1.82) is 0 Å². The van der Waals surface area contributed by atoms with Gasteiger partial charge in [0, 0.05) is 24.4 Å². The zero-order chi connectivity index (χ0) is 22.6. The topological polar surface area (TPSA) is 153 Å². The fourth-order valence-electron chi connectivity index (χ4n) is 0.807. The molecule has 0 atom stereocenters. The Morgan fingerprint density at radius 3 is 1.46 bits per heavy atom. The summed E-state index contributed by atoms with van der Waals surface area (Å²) in [6, 6.07) is 0. The molecule has 0 aliphatic carbocycles. The molecule has 0 bridgehead atoms. The Morgan fingerprint density at radius 2 is 1.21 bits per heavy atom. The van der Waals surface area contributed by atoms with E-state index in [4.69, 9.17) is 4.74 Å². The average Bonchev–Trinajstić information content (AvgIpc) is 2.40. The van der Waals surface area contributed by atoms with Gasteiger partial charge in [-0.15, -0.1) is 18.3 Å². The quantitative estimate of drug-likeness (QED) is 0.159. The molecule has 0 aliphatic rings. The molecule has 0 fully saturated rings. The molecule has 0 unspecified atom stereocenters. The normalized spacial score (nSPS) is 8.89. The second-order valence-corrected chi connectivity index (χ2v) is 6.25. The Labute approximate surface area is 183 Å². The number of aliphatic carboxylic acids is 1. The molecular formula is C19H34O8Ti. The summed E-state index contributed by atoms with van der Waals surface area (Å²) in [4.78, 5) is 31.7.